The van der Waals surface area contributed by atoms with Crippen molar-refractivity contribution < 1.29 is 19.4 Å². The highest BCUT2D eigenvalue weighted by Gasteiger charge is 2.23. The van der Waals surface area contributed by atoms with Crippen LogP contribution in [0.5, 0.6) is 0 Å². The largest absolute Gasteiger partial charge is 0.477 e. The number of carbonyl (C=O) groups is 2. The van der Waals surface area contributed by atoms with Gasteiger partial charge in [0, 0.05) is 11.5 Å². The molecule has 0 aromatic carbocycles. The van der Waals surface area contributed by atoms with Gasteiger partial charge < -0.3 is 15.2 Å². The van der Waals surface area contributed by atoms with Gasteiger partial charge in [0.25, 0.3) is 0 Å². The molecule has 1 fully saturated rings. The summed E-state index contributed by atoms with van der Waals surface area (Å²) in [6, 6.07) is 3.25. The fourth-order valence-corrected chi connectivity index (χ4v) is 2.45. The summed E-state index contributed by atoms with van der Waals surface area (Å²) in [7, 11) is 0. The average molecular weight is 255 g/mol. The predicted molar refractivity (Wildman–Crippen MR) is 62.1 cm³/mol. The number of aromatic carboxylic acids is 1. The van der Waals surface area contributed by atoms with Crippen molar-refractivity contribution in [2.75, 3.05) is 6.61 Å². The number of hydrogen-bond acceptors (Lipinski definition) is 4. The average Bonchev–Trinajstić information content (AvgIpc) is 2.97. The van der Waals surface area contributed by atoms with Gasteiger partial charge in [-0.2, -0.15) is 0 Å². The molecule has 1 aromatic heterocycles. The van der Waals surface area contributed by atoms with Gasteiger partial charge in [0.1, 0.15) is 11.0 Å². The zero-order chi connectivity index (χ0) is 12.3. The van der Waals surface area contributed by atoms with Crippen LogP contribution in [-0.4, -0.2) is 29.7 Å². The van der Waals surface area contributed by atoms with E-state index in [9.17, 15) is 9.59 Å². The van der Waals surface area contributed by atoms with Crippen molar-refractivity contribution >= 4 is 23.2 Å². The van der Waals surface area contributed by atoms with Crippen LogP contribution < -0.4 is 5.32 Å². The zero-order valence-corrected chi connectivity index (χ0v) is 9.96. The third-order valence-electron chi connectivity index (χ3n) is 2.53. The monoisotopic (exact) mass is 255 g/mol. The molecule has 1 saturated heterocycles. The van der Waals surface area contributed by atoms with Gasteiger partial charge in [-0.25, -0.2) is 4.79 Å². The molecule has 0 spiro atoms. The molecule has 0 saturated carbocycles. The van der Waals surface area contributed by atoms with Crippen LogP contribution in [-0.2, 0) is 16.1 Å². The Morgan fingerprint density at radius 2 is 2.35 bits per heavy atom. The summed E-state index contributed by atoms with van der Waals surface area (Å²) >= 11 is 1.17. The topological polar surface area (TPSA) is 75.6 Å². The van der Waals surface area contributed by atoms with E-state index in [1.807, 2.05) is 0 Å². The lowest BCUT2D eigenvalue weighted by molar-refractivity contribution is -0.130. The Kier molecular flexibility index (Phi) is 3.75. The molecule has 2 N–H and O–H groups in total. The Bertz CT molecular complexity index is 423. The number of hydrogen-bond donors (Lipinski definition) is 2. The number of rotatable bonds is 4. The lowest BCUT2D eigenvalue weighted by Gasteiger charge is -2.09. The maximum atomic E-state index is 11.6. The zero-order valence-electron chi connectivity index (χ0n) is 9.14. The number of carboxylic acids is 1. The van der Waals surface area contributed by atoms with Crippen molar-refractivity contribution in [1.82, 2.24) is 5.32 Å². The molecule has 92 valence electrons. The molecule has 2 rings (SSSR count). The predicted octanol–water partition coefficient (Wildman–Crippen LogP) is 1.24. The van der Waals surface area contributed by atoms with Gasteiger partial charge in [-0.05, 0) is 25.0 Å². The summed E-state index contributed by atoms with van der Waals surface area (Å²) in [6.07, 6.45) is 1.34. The first-order chi connectivity index (χ1) is 8.16. The van der Waals surface area contributed by atoms with Crippen LogP contribution >= 0.6 is 11.3 Å². The minimum absolute atomic E-state index is 0.118. The molecular formula is C11H13NO4S. The van der Waals surface area contributed by atoms with Crippen LogP contribution in [0.1, 0.15) is 27.4 Å². The van der Waals surface area contributed by atoms with E-state index in [-0.39, 0.29) is 16.9 Å². The van der Waals surface area contributed by atoms with Gasteiger partial charge in [-0.15, -0.1) is 11.3 Å². The number of ether oxygens (including phenoxy) is 1. The third kappa shape index (κ3) is 3.04. The van der Waals surface area contributed by atoms with Crippen molar-refractivity contribution in [3.8, 4) is 0 Å². The first kappa shape index (κ1) is 12.1. The van der Waals surface area contributed by atoms with Crippen LogP contribution in [0, 0.1) is 0 Å². The standard InChI is InChI=1S/C11H13NO4S/c13-10(8-2-1-5-16-8)12-6-7-3-4-9(17-7)11(14)15/h3-4,8H,1-2,5-6H2,(H,12,13)(H,14,15). The molecular weight excluding hydrogens is 242 g/mol. The Hall–Kier alpha value is -1.40. The maximum absolute atomic E-state index is 11.6. The van der Waals surface area contributed by atoms with Crippen LogP contribution in [0.2, 0.25) is 0 Å². The molecule has 2 heterocycles. The highest BCUT2D eigenvalue weighted by atomic mass is 32.1. The molecule has 17 heavy (non-hydrogen) atoms. The second-order valence-corrected chi connectivity index (χ2v) is 4.96. The minimum Gasteiger partial charge on any atom is -0.477 e. The first-order valence-corrected chi connectivity index (χ1v) is 6.20. The molecule has 0 aliphatic carbocycles. The van der Waals surface area contributed by atoms with Crippen molar-refractivity contribution in [2.24, 2.45) is 0 Å². The summed E-state index contributed by atoms with van der Waals surface area (Å²) in [4.78, 5) is 23.4. The number of carboxylic acid groups (broad SMARTS) is 1. The fraction of sp³-hybridized carbons (Fsp3) is 0.455. The molecule has 1 amide bonds. The second kappa shape index (κ2) is 5.29. The van der Waals surface area contributed by atoms with Crippen molar-refractivity contribution in [3.63, 3.8) is 0 Å². The van der Waals surface area contributed by atoms with E-state index in [1.54, 1.807) is 12.1 Å². The molecule has 1 aliphatic heterocycles. The summed E-state index contributed by atoms with van der Waals surface area (Å²) in [5, 5.41) is 11.5. The van der Waals surface area contributed by atoms with Crippen molar-refractivity contribution in [1.29, 1.82) is 0 Å². The summed E-state index contributed by atoms with van der Waals surface area (Å²) in [6.45, 7) is 0.997. The van der Waals surface area contributed by atoms with E-state index < -0.39 is 5.97 Å². The van der Waals surface area contributed by atoms with E-state index in [4.69, 9.17) is 9.84 Å². The summed E-state index contributed by atoms with van der Waals surface area (Å²) < 4.78 is 5.24. The molecule has 6 heteroatoms. The quantitative estimate of drug-likeness (QED) is 0.848. The maximum Gasteiger partial charge on any atom is 0.345 e. The van der Waals surface area contributed by atoms with Gasteiger partial charge in [-0.1, -0.05) is 0 Å². The number of nitrogens with one attached hydrogen (secondary N) is 1. The Morgan fingerprint density at radius 3 is 2.94 bits per heavy atom. The number of thiophene rings is 1. The fourth-order valence-electron chi connectivity index (χ4n) is 1.66. The van der Waals surface area contributed by atoms with E-state index >= 15 is 0 Å². The molecule has 1 atom stereocenters. The van der Waals surface area contributed by atoms with Crippen LogP contribution in [0.4, 0.5) is 0 Å². The van der Waals surface area contributed by atoms with Crippen LogP contribution in [0.3, 0.4) is 0 Å². The van der Waals surface area contributed by atoms with Crippen molar-refractivity contribution in [2.45, 2.75) is 25.5 Å². The van der Waals surface area contributed by atoms with Gasteiger partial charge >= 0.3 is 5.97 Å². The smallest absolute Gasteiger partial charge is 0.345 e. The highest BCUT2D eigenvalue weighted by Crippen LogP contribution is 2.17. The van der Waals surface area contributed by atoms with Crippen LogP contribution in [0.25, 0.3) is 0 Å². The highest BCUT2D eigenvalue weighted by molar-refractivity contribution is 7.13. The lowest BCUT2D eigenvalue weighted by atomic mass is 10.2. The van der Waals surface area contributed by atoms with Crippen molar-refractivity contribution in [3.05, 3.63) is 21.9 Å². The van der Waals surface area contributed by atoms with Gasteiger partial charge in [0.15, 0.2) is 0 Å². The normalized spacial score (nSPS) is 19.2. The SMILES string of the molecule is O=C(O)c1ccc(CNC(=O)C2CCCO2)s1. The molecule has 1 aliphatic rings. The van der Waals surface area contributed by atoms with Gasteiger partial charge in [-0.3, -0.25) is 4.79 Å². The summed E-state index contributed by atoms with van der Waals surface area (Å²) in [5.41, 5.74) is 0. The van der Waals surface area contributed by atoms with E-state index in [2.05, 4.69) is 5.32 Å². The molecule has 0 bridgehead atoms. The summed E-state index contributed by atoms with van der Waals surface area (Å²) in [5.74, 6) is -1.06. The lowest BCUT2D eigenvalue weighted by Crippen LogP contribution is -2.33. The van der Waals surface area contributed by atoms with E-state index in [1.165, 1.54) is 11.3 Å². The molecule has 1 aromatic rings. The van der Waals surface area contributed by atoms with E-state index in [0.717, 1.165) is 17.7 Å². The number of carbonyl (C=O) groups excluding carboxylic acids is 1. The minimum atomic E-state index is -0.938. The number of amides is 1. The van der Waals surface area contributed by atoms with Gasteiger partial charge in [0.2, 0.25) is 5.91 Å². The molecule has 1 unspecified atom stereocenters. The second-order valence-electron chi connectivity index (χ2n) is 3.79. The third-order valence-corrected chi connectivity index (χ3v) is 3.60. The van der Waals surface area contributed by atoms with E-state index in [0.29, 0.717) is 13.2 Å². The molecule has 0 radical (unpaired) electrons. The van der Waals surface area contributed by atoms with Gasteiger partial charge in [0.05, 0.1) is 6.54 Å². The Labute approximate surface area is 102 Å². The van der Waals surface area contributed by atoms with Crippen LogP contribution in [0.15, 0.2) is 12.1 Å². The molecule has 5 nitrogen and oxygen atoms in total. The Morgan fingerprint density at radius 1 is 1.53 bits per heavy atom. The first-order valence-electron chi connectivity index (χ1n) is 5.38. The Balaban J connectivity index is 1.84.